The first kappa shape index (κ1) is 25.2. The van der Waals surface area contributed by atoms with E-state index in [2.05, 4.69) is 15.2 Å². The van der Waals surface area contributed by atoms with E-state index in [1.54, 1.807) is 30.3 Å². The molecule has 5 heterocycles. The summed E-state index contributed by atoms with van der Waals surface area (Å²) in [5.74, 6) is -2.06. The van der Waals surface area contributed by atoms with Gasteiger partial charge in [-0.1, -0.05) is 35.3 Å². The number of aromatic carboxylic acids is 1. The lowest BCUT2D eigenvalue weighted by atomic mass is 9.71. The topological polar surface area (TPSA) is 100 Å². The lowest BCUT2D eigenvalue weighted by Gasteiger charge is -2.46. The Morgan fingerprint density at radius 3 is 2.78 bits per heavy atom. The number of amides is 1. The van der Waals surface area contributed by atoms with E-state index in [1.165, 1.54) is 6.20 Å². The average Bonchev–Trinajstić information content (AvgIpc) is 3.53. The number of carbonyl (C=O) groups excluding carboxylic acids is 1. The normalized spacial score (nSPS) is 26.7. The fraction of sp³-hybridized carbons (Fsp3) is 0.333. The monoisotopic (exact) mass is 591 g/mol. The summed E-state index contributed by atoms with van der Waals surface area (Å²) in [4.78, 5) is 32.4. The van der Waals surface area contributed by atoms with E-state index in [9.17, 15) is 14.7 Å². The fourth-order valence-corrected chi connectivity index (χ4v) is 7.87. The molecule has 2 fully saturated rings. The molecule has 41 heavy (non-hydrogen) atoms. The predicted molar refractivity (Wildman–Crippen MR) is 151 cm³/mol. The lowest BCUT2D eigenvalue weighted by molar-refractivity contribution is -0.129. The molecule has 4 aromatic rings. The fourth-order valence-electron chi connectivity index (χ4n) is 7.53. The maximum absolute atomic E-state index is 16.0. The number of fused-ring (bicyclic) bond motifs is 6. The summed E-state index contributed by atoms with van der Waals surface area (Å²) in [7, 11) is 0. The van der Waals surface area contributed by atoms with Crippen LogP contribution in [-0.4, -0.2) is 54.8 Å². The summed E-state index contributed by atoms with van der Waals surface area (Å²) in [6, 6.07) is 11.5. The second-order valence-corrected chi connectivity index (χ2v) is 12.4. The molecule has 2 aromatic carbocycles. The minimum absolute atomic E-state index is 0.127. The van der Waals surface area contributed by atoms with E-state index in [4.69, 9.17) is 28.3 Å². The van der Waals surface area contributed by atoms with Crippen molar-refractivity contribution in [2.75, 3.05) is 11.9 Å². The van der Waals surface area contributed by atoms with Crippen molar-refractivity contribution in [1.82, 2.24) is 19.7 Å². The van der Waals surface area contributed by atoms with Crippen LogP contribution in [0.2, 0.25) is 10.2 Å². The third kappa shape index (κ3) is 3.55. The zero-order chi connectivity index (χ0) is 28.2. The maximum Gasteiger partial charge on any atom is 0.335 e. The summed E-state index contributed by atoms with van der Waals surface area (Å²) in [5, 5.41) is 18.7. The molecule has 11 heteroatoms. The van der Waals surface area contributed by atoms with E-state index in [1.807, 2.05) is 16.8 Å². The van der Waals surface area contributed by atoms with E-state index in [-0.39, 0.29) is 22.7 Å². The quantitative estimate of drug-likeness (QED) is 0.305. The summed E-state index contributed by atoms with van der Waals surface area (Å²) >= 11 is 12.5. The number of nitrogens with one attached hydrogen (secondary N) is 1. The number of anilines is 1. The van der Waals surface area contributed by atoms with Crippen LogP contribution in [0, 0.1) is 11.7 Å². The van der Waals surface area contributed by atoms with Crippen LogP contribution < -0.4 is 5.32 Å². The highest BCUT2D eigenvalue weighted by molar-refractivity contribution is 6.31. The summed E-state index contributed by atoms with van der Waals surface area (Å²) < 4.78 is 17.9. The van der Waals surface area contributed by atoms with Crippen LogP contribution in [0.25, 0.3) is 10.9 Å². The molecule has 8 rings (SSSR count). The largest absolute Gasteiger partial charge is 0.478 e. The molecule has 1 aliphatic carbocycles. The number of nitrogens with zero attached hydrogens (tertiary/aromatic N) is 4. The van der Waals surface area contributed by atoms with Gasteiger partial charge in [-0.25, -0.2) is 14.2 Å². The molecule has 2 aromatic heterocycles. The Kier molecular flexibility index (Phi) is 5.37. The SMILES string of the molecule is O=C(O)c1ccc2c3n(nc2c1)[C@@H]1[C@H](C3)N(CC2CC2)[C@]2(Cc3ccc(Cl)cc3NC2=O)[C@H]1c1ccnc(Cl)c1F. The second-order valence-electron chi connectivity index (χ2n) is 11.6. The van der Waals surface area contributed by atoms with Crippen molar-refractivity contribution >= 4 is 51.7 Å². The standard InChI is InChI=1S/C30H24Cl2FN5O3/c31-17-5-3-16-12-30(29(41)35-20(16)10-17)24(19-7-8-34-27(32)25(19)33)26-23(37(30)13-14-1-2-14)11-22-18-6-4-15(28(39)40)9-21(18)36-38(22)26/h3-10,14,23-24,26H,1-2,11-13H2,(H,35,41)(H,39,40)/t23-,24-,26+,30+/m0/s1. The minimum atomic E-state index is -1.12. The molecule has 1 amide bonds. The van der Waals surface area contributed by atoms with Gasteiger partial charge in [0.25, 0.3) is 0 Å². The Morgan fingerprint density at radius 2 is 2.00 bits per heavy atom. The number of pyridine rings is 1. The highest BCUT2D eigenvalue weighted by atomic mass is 35.5. The number of carbonyl (C=O) groups is 2. The van der Waals surface area contributed by atoms with Gasteiger partial charge in [0.15, 0.2) is 11.0 Å². The van der Waals surface area contributed by atoms with Crippen molar-refractivity contribution in [3.8, 4) is 0 Å². The molecule has 8 nitrogen and oxygen atoms in total. The molecule has 0 bridgehead atoms. The highest BCUT2D eigenvalue weighted by Crippen LogP contribution is 2.60. The van der Waals surface area contributed by atoms with Gasteiger partial charge in [0, 0.05) is 64.9 Å². The molecule has 2 N–H and O–H groups in total. The second kappa shape index (κ2) is 8.74. The highest BCUT2D eigenvalue weighted by Gasteiger charge is 2.67. The molecule has 1 saturated carbocycles. The van der Waals surface area contributed by atoms with Gasteiger partial charge in [-0.2, -0.15) is 5.10 Å². The van der Waals surface area contributed by atoms with Crippen LogP contribution in [0.3, 0.4) is 0 Å². The van der Waals surface area contributed by atoms with Gasteiger partial charge in [0.05, 0.1) is 17.1 Å². The number of benzene rings is 2. The molecular weight excluding hydrogens is 568 g/mol. The third-order valence-corrected chi connectivity index (χ3v) is 9.93. The molecule has 208 valence electrons. The molecule has 0 unspecified atom stereocenters. The molecular formula is C30H24Cl2FN5O3. The maximum atomic E-state index is 16.0. The van der Waals surface area contributed by atoms with Crippen LogP contribution in [-0.2, 0) is 17.6 Å². The molecule has 4 aliphatic rings. The van der Waals surface area contributed by atoms with Crippen LogP contribution in [0.15, 0.2) is 48.7 Å². The van der Waals surface area contributed by atoms with E-state index in [0.717, 1.165) is 29.5 Å². The number of rotatable bonds is 4. The molecule has 4 atom stereocenters. The average molecular weight is 592 g/mol. The minimum Gasteiger partial charge on any atom is -0.478 e. The van der Waals surface area contributed by atoms with Crippen molar-refractivity contribution in [1.29, 1.82) is 0 Å². The molecule has 1 saturated heterocycles. The number of likely N-dealkylation sites (tertiary alicyclic amines) is 1. The molecule has 0 radical (unpaired) electrons. The predicted octanol–water partition coefficient (Wildman–Crippen LogP) is 5.48. The zero-order valence-electron chi connectivity index (χ0n) is 21.7. The number of aromatic nitrogens is 3. The van der Waals surface area contributed by atoms with Crippen LogP contribution >= 0.6 is 23.2 Å². The van der Waals surface area contributed by atoms with Crippen LogP contribution in [0.4, 0.5) is 10.1 Å². The van der Waals surface area contributed by atoms with Crippen LogP contribution in [0.1, 0.15) is 52.0 Å². The van der Waals surface area contributed by atoms with Crippen molar-refractivity contribution in [2.24, 2.45) is 5.92 Å². The Morgan fingerprint density at radius 1 is 1.17 bits per heavy atom. The van der Waals surface area contributed by atoms with Crippen LogP contribution in [0.5, 0.6) is 0 Å². The Labute approximate surface area is 244 Å². The first-order valence-corrected chi connectivity index (χ1v) is 14.4. The van der Waals surface area contributed by atoms with Crippen molar-refractivity contribution in [2.45, 2.75) is 49.2 Å². The van der Waals surface area contributed by atoms with E-state index < -0.39 is 29.3 Å². The first-order chi connectivity index (χ1) is 19.8. The Balaban J connectivity index is 1.37. The Hall–Kier alpha value is -3.53. The number of halogens is 3. The lowest BCUT2D eigenvalue weighted by Crippen LogP contribution is -2.61. The summed E-state index contributed by atoms with van der Waals surface area (Å²) in [6.45, 7) is 0.709. The summed E-state index contributed by atoms with van der Waals surface area (Å²) in [6.07, 6.45) is 4.62. The van der Waals surface area contributed by atoms with Crippen molar-refractivity contribution in [3.05, 3.63) is 87.0 Å². The van der Waals surface area contributed by atoms with E-state index in [0.29, 0.717) is 47.1 Å². The van der Waals surface area contributed by atoms with Gasteiger partial charge >= 0.3 is 5.97 Å². The zero-order valence-corrected chi connectivity index (χ0v) is 23.2. The molecule has 1 spiro atoms. The van der Waals surface area contributed by atoms with Gasteiger partial charge < -0.3 is 10.4 Å². The van der Waals surface area contributed by atoms with E-state index >= 15 is 4.39 Å². The van der Waals surface area contributed by atoms with Gasteiger partial charge in [-0.3, -0.25) is 14.4 Å². The molecule has 3 aliphatic heterocycles. The number of hydrogen-bond acceptors (Lipinski definition) is 5. The number of carboxylic acid groups (broad SMARTS) is 1. The van der Waals surface area contributed by atoms with Crippen molar-refractivity contribution in [3.63, 3.8) is 0 Å². The first-order valence-electron chi connectivity index (χ1n) is 13.7. The van der Waals surface area contributed by atoms with Gasteiger partial charge in [0.1, 0.15) is 5.54 Å². The smallest absolute Gasteiger partial charge is 0.335 e. The van der Waals surface area contributed by atoms with Crippen molar-refractivity contribution < 1.29 is 19.1 Å². The number of carboxylic acids is 1. The van der Waals surface area contributed by atoms with Gasteiger partial charge in [-0.05, 0) is 54.7 Å². The van der Waals surface area contributed by atoms with Gasteiger partial charge in [0.2, 0.25) is 5.91 Å². The summed E-state index contributed by atoms with van der Waals surface area (Å²) in [5.41, 5.74) is 2.46. The van der Waals surface area contributed by atoms with Gasteiger partial charge in [-0.15, -0.1) is 0 Å². The Bertz CT molecular complexity index is 1810. The third-order valence-electron chi connectivity index (χ3n) is 9.43. The number of hydrogen-bond donors (Lipinski definition) is 2.